The van der Waals surface area contributed by atoms with E-state index >= 15 is 0 Å². The van der Waals surface area contributed by atoms with Crippen LogP contribution in [-0.4, -0.2) is 37.6 Å². The summed E-state index contributed by atoms with van der Waals surface area (Å²) in [6.07, 6.45) is 4.93. The summed E-state index contributed by atoms with van der Waals surface area (Å²) in [7, 11) is 0. The van der Waals surface area contributed by atoms with Crippen molar-refractivity contribution < 1.29 is 9.90 Å². The molecule has 0 aliphatic rings. The molecule has 100 valence electrons. The van der Waals surface area contributed by atoms with Gasteiger partial charge in [0, 0.05) is 25.0 Å². The van der Waals surface area contributed by atoms with Crippen molar-refractivity contribution in [1.82, 2.24) is 25.3 Å². The summed E-state index contributed by atoms with van der Waals surface area (Å²) in [5.74, 6) is -1.07. The molecule has 19 heavy (non-hydrogen) atoms. The van der Waals surface area contributed by atoms with Crippen LogP contribution in [0.25, 0.3) is 0 Å². The molecule has 2 N–H and O–H groups in total. The van der Waals surface area contributed by atoms with E-state index in [9.17, 15) is 4.79 Å². The predicted octanol–water partition coefficient (Wildman–Crippen LogP) is 0.722. The van der Waals surface area contributed by atoms with Crippen LogP contribution in [0.2, 0.25) is 0 Å². The van der Waals surface area contributed by atoms with Gasteiger partial charge in [-0.3, -0.25) is 9.67 Å². The van der Waals surface area contributed by atoms with Gasteiger partial charge in [0.2, 0.25) is 0 Å². The van der Waals surface area contributed by atoms with Gasteiger partial charge < -0.3 is 10.4 Å². The molecule has 2 heterocycles. The van der Waals surface area contributed by atoms with Crippen LogP contribution < -0.4 is 5.32 Å². The summed E-state index contributed by atoms with van der Waals surface area (Å²) in [6.45, 7) is 3.29. The lowest BCUT2D eigenvalue weighted by Gasteiger charge is -2.13. The Morgan fingerprint density at radius 2 is 2.21 bits per heavy atom. The van der Waals surface area contributed by atoms with Crippen molar-refractivity contribution in [2.45, 2.75) is 19.5 Å². The van der Waals surface area contributed by atoms with Gasteiger partial charge in [-0.05, 0) is 24.6 Å². The van der Waals surface area contributed by atoms with Crippen molar-refractivity contribution in [3.63, 3.8) is 0 Å². The first-order valence-corrected chi connectivity index (χ1v) is 5.93. The second kappa shape index (κ2) is 6.05. The lowest BCUT2D eigenvalue weighted by atomic mass is 10.1. The highest BCUT2D eigenvalue weighted by Crippen LogP contribution is 2.09. The average molecular weight is 261 g/mol. The first-order chi connectivity index (χ1) is 9.16. The minimum atomic E-state index is -1.07. The number of aromatic nitrogens is 4. The number of nitrogens with one attached hydrogen (secondary N) is 1. The fraction of sp³-hybridized carbons (Fsp3) is 0.333. The predicted molar refractivity (Wildman–Crippen MR) is 67.6 cm³/mol. The third-order valence-electron chi connectivity index (χ3n) is 2.76. The van der Waals surface area contributed by atoms with Crippen LogP contribution in [0, 0.1) is 0 Å². The van der Waals surface area contributed by atoms with Gasteiger partial charge in [0.15, 0.2) is 5.69 Å². The van der Waals surface area contributed by atoms with Gasteiger partial charge in [-0.25, -0.2) is 4.79 Å². The fourth-order valence-electron chi connectivity index (χ4n) is 1.67. The van der Waals surface area contributed by atoms with E-state index in [0.29, 0.717) is 13.1 Å². The number of carbonyl (C=O) groups is 1. The van der Waals surface area contributed by atoms with Gasteiger partial charge in [0.25, 0.3) is 0 Å². The highest BCUT2D eigenvalue weighted by atomic mass is 16.4. The van der Waals surface area contributed by atoms with Gasteiger partial charge in [0.05, 0.1) is 12.7 Å². The lowest BCUT2D eigenvalue weighted by molar-refractivity contribution is 0.0690. The molecule has 2 aromatic heterocycles. The Morgan fingerprint density at radius 3 is 2.84 bits per heavy atom. The van der Waals surface area contributed by atoms with Crippen molar-refractivity contribution in [1.29, 1.82) is 0 Å². The Hall–Kier alpha value is -2.28. The van der Waals surface area contributed by atoms with Crippen molar-refractivity contribution in [2.75, 3.05) is 6.54 Å². The molecule has 2 rings (SSSR count). The van der Waals surface area contributed by atoms with Crippen LogP contribution in [0.15, 0.2) is 30.7 Å². The van der Waals surface area contributed by atoms with Crippen LogP contribution in [0.5, 0.6) is 0 Å². The normalized spacial score (nSPS) is 12.3. The minimum absolute atomic E-state index is 0.0396. The second-order valence-electron chi connectivity index (χ2n) is 4.13. The molecule has 2 aromatic rings. The Morgan fingerprint density at radius 1 is 1.47 bits per heavy atom. The highest BCUT2D eigenvalue weighted by molar-refractivity contribution is 5.84. The standard InChI is InChI=1S/C12H15N5O2/c1-9(10-2-4-13-5-3-10)14-6-7-17-8-11(12(18)19)15-16-17/h2-5,8-9,14H,6-7H2,1H3,(H,18,19)/t9-/m0/s1. The smallest absolute Gasteiger partial charge is 0.358 e. The topological polar surface area (TPSA) is 92.9 Å². The number of nitrogens with zero attached hydrogens (tertiary/aromatic N) is 4. The second-order valence-corrected chi connectivity index (χ2v) is 4.13. The molecule has 0 aromatic carbocycles. The summed E-state index contributed by atoms with van der Waals surface area (Å²) in [5.41, 5.74) is 1.11. The largest absolute Gasteiger partial charge is 0.476 e. The van der Waals surface area contributed by atoms with Gasteiger partial charge in [-0.15, -0.1) is 5.10 Å². The quantitative estimate of drug-likeness (QED) is 0.796. The number of carboxylic acids is 1. The van der Waals surface area contributed by atoms with Gasteiger partial charge in [-0.2, -0.15) is 0 Å². The molecular formula is C12H15N5O2. The minimum Gasteiger partial charge on any atom is -0.476 e. The fourth-order valence-corrected chi connectivity index (χ4v) is 1.67. The van der Waals surface area contributed by atoms with Crippen molar-refractivity contribution >= 4 is 5.97 Å². The van der Waals surface area contributed by atoms with E-state index in [1.54, 1.807) is 12.4 Å². The maximum Gasteiger partial charge on any atom is 0.358 e. The Balaban J connectivity index is 1.81. The Labute approximate surface area is 110 Å². The molecule has 0 spiro atoms. The van der Waals surface area contributed by atoms with E-state index in [4.69, 9.17) is 5.11 Å². The van der Waals surface area contributed by atoms with Crippen LogP contribution >= 0.6 is 0 Å². The molecule has 0 aliphatic heterocycles. The maximum atomic E-state index is 10.6. The molecule has 0 saturated carbocycles. The summed E-state index contributed by atoms with van der Waals surface area (Å²) in [6, 6.07) is 4.11. The Kier molecular flexibility index (Phi) is 4.19. The van der Waals surface area contributed by atoms with E-state index in [0.717, 1.165) is 5.56 Å². The first kappa shape index (κ1) is 13.2. The molecule has 0 radical (unpaired) electrons. The van der Waals surface area contributed by atoms with E-state index in [1.807, 2.05) is 12.1 Å². The van der Waals surface area contributed by atoms with Crippen LogP contribution in [-0.2, 0) is 6.54 Å². The number of aromatic carboxylic acids is 1. The first-order valence-electron chi connectivity index (χ1n) is 5.93. The summed E-state index contributed by atoms with van der Waals surface area (Å²) >= 11 is 0. The molecular weight excluding hydrogens is 246 g/mol. The molecule has 7 heteroatoms. The molecule has 0 aliphatic carbocycles. The van der Waals surface area contributed by atoms with Crippen molar-refractivity contribution in [2.24, 2.45) is 0 Å². The highest BCUT2D eigenvalue weighted by Gasteiger charge is 2.08. The molecule has 0 bridgehead atoms. The van der Waals surface area contributed by atoms with Gasteiger partial charge >= 0.3 is 5.97 Å². The molecule has 0 unspecified atom stereocenters. The van der Waals surface area contributed by atoms with Crippen LogP contribution in [0.4, 0.5) is 0 Å². The van der Waals surface area contributed by atoms with Gasteiger partial charge in [0.1, 0.15) is 0 Å². The Bertz CT molecular complexity index is 540. The third-order valence-corrected chi connectivity index (χ3v) is 2.76. The van der Waals surface area contributed by atoms with E-state index in [1.165, 1.54) is 10.9 Å². The SMILES string of the molecule is C[C@H](NCCn1cc(C(=O)O)nn1)c1ccncc1. The lowest BCUT2D eigenvalue weighted by Crippen LogP contribution is -2.23. The van der Waals surface area contributed by atoms with E-state index in [-0.39, 0.29) is 11.7 Å². The van der Waals surface area contributed by atoms with Crippen molar-refractivity contribution in [3.8, 4) is 0 Å². The maximum absolute atomic E-state index is 10.6. The summed E-state index contributed by atoms with van der Waals surface area (Å²) < 4.78 is 1.51. The van der Waals surface area contributed by atoms with Crippen LogP contribution in [0.3, 0.4) is 0 Å². The number of rotatable bonds is 6. The van der Waals surface area contributed by atoms with Gasteiger partial charge in [-0.1, -0.05) is 5.21 Å². The number of hydrogen-bond acceptors (Lipinski definition) is 5. The molecule has 7 nitrogen and oxygen atoms in total. The van der Waals surface area contributed by atoms with Crippen LogP contribution in [0.1, 0.15) is 29.0 Å². The zero-order valence-electron chi connectivity index (χ0n) is 10.5. The van der Waals surface area contributed by atoms with E-state index < -0.39 is 5.97 Å². The third kappa shape index (κ3) is 3.59. The number of carboxylic acid groups (broad SMARTS) is 1. The van der Waals surface area contributed by atoms with E-state index in [2.05, 4.69) is 27.5 Å². The molecule has 1 atom stereocenters. The number of hydrogen-bond donors (Lipinski definition) is 2. The molecule has 0 fully saturated rings. The summed E-state index contributed by atoms with van der Waals surface area (Å²) in [4.78, 5) is 14.6. The molecule has 0 amide bonds. The number of pyridine rings is 1. The monoisotopic (exact) mass is 261 g/mol. The zero-order chi connectivity index (χ0) is 13.7. The molecule has 0 saturated heterocycles. The summed E-state index contributed by atoms with van der Waals surface area (Å²) in [5, 5.41) is 19.3. The zero-order valence-corrected chi connectivity index (χ0v) is 10.5. The average Bonchev–Trinajstić information content (AvgIpc) is 2.89. The van der Waals surface area contributed by atoms with Crippen molar-refractivity contribution in [3.05, 3.63) is 42.0 Å².